The van der Waals surface area contributed by atoms with Crippen molar-refractivity contribution in [3.8, 4) is 0 Å². The van der Waals surface area contributed by atoms with Gasteiger partial charge in [0.05, 0.1) is 19.1 Å². The topological polar surface area (TPSA) is 79.1 Å². The van der Waals surface area contributed by atoms with Crippen LogP contribution in [0.15, 0.2) is 10.6 Å². The summed E-state index contributed by atoms with van der Waals surface area (Å²) in [6.07, 6.45) is 3.94. The third kappa shape index (κ3) is 4.22. The molecule has 4 rings (SSSR count). The van der Waals surface area contributed by atoms with E-state index in [2.05, 4.69) is 10.1 Å². The van der Waals surface area contributed by atoms with E-state index in [1.807, 2.05) is 9.80 Å². The van der Waals surface area contributed by atoms with Gasteiger partial charge in [-0.1, -0.05) is 5.16 Å². The summed E-state index contributed by atoms with van der Waals surface area (Å²) in [5.41, 5.74) is 0.394. The standard InChI is InChI=1S/C20H30N4O4/c1-15-13-18(21-28-15)20(26)22-7-4-17(5-8-22)24-6-2-3-16(14-24)19(25)23-9-11-27-12-10-23/h13,16-17H,2-12,14H2,1H3/t16-/m1/s1. The predicted molar refractivity (Wildman–Crippen MR) is 102 cm³/mol. The molecule has 8 nitrogen and oxygen atoms in total. The molecule has 1 aromatic heterocycles. The number of hydrogen-bond acceptors (Lipinski definition) is 6. The summed E-state index contributed by atoms with van der Waals surface area (Å²) < 4.78 is 10.4. The van der Waals surface area contributed by atoms with Crippen molar-refractivity contribution in [3.05, 3.63) is 17.5 Å². The van der Waals surface area contributed by atoms with Crippen LogP contribution in [-0.4, -0.2) is 90.2 Å². The van der Waals surface area contributed by atoms with Crippen LogP contribution in [0.1, 0.15) is 41.9 Å². The fourth-order valence-corrected chi connectivity index (χ4v) is 4.64. The van der Waals surface area contributed by atoms with Crippen molar-refractivity contribution in [3.63, 3.8) is 0 Å². The van der Waals surface area contributed by atoms with Gasteiger partial charge in [-0.2, -0.15) is 0 Å². The van der Waals surface area contributed by atoms with Gasteiger partial charge in [0.2, 0.25) is 5.91 Å². The summed E-state index contributed by atoms with van der Waals surface area (Å²) in [5, 5.41) is 3.85. The molecule has 28 heavy (non-hydrogen) atoms. The van der Waals surface area contributed by atoms with Gasteiger partial charge in [0.1, 0.15) is 5.76 Å². The summed E-state index contributed by atoms with van der Waals surface area (Å²) in [6.45, 7) is 7.89. The molecule has 1 aromatic rings. The van der Waals surface area contributed by atoms with Gasteiger partial charge in [-0.25, -0.2) is 0 Å². The van der Waals surface area contributed by atoms with Crippen molar-refractivity contribution in [1.82, 2.24) is 19.9 Å². The van der Waals surface area contributed by atoms with E-state index < -0.39 is 0 Å². The number of piperidine rings is 2. The van der Waals surface area contributed by atoms with Gasteiger partial charge in [0.25, 0.3) is 5.91 Å². The summed E-state index contributed by atoms with van der Waals surface area (Å²) in [6, 6.07) is 2.14. The SMILES string of the molecule is Cc1cc(C(=O)N2CCC(N3CCC[C@@H](C(=O)N4CCOCC4)C3)CC2)no1. The summed E-state index contributed by atoms with van der Waals surface area (Å²) in [4.78, 5) is 31.7. The Morgan fingerprint density at radius 1 is 1.04 bits per heavy atom. The summed E-state index contributed by atoms with van der Waals surface area (Å²) in [5.74, 6) is 1.00. The Morgan fingerprint density at radius 3 is 2.46 bits per heavy atom. The first kappa shape index (κ1) is 19.4. The lowest BCUT2D eigenvalue weighted by atomic mass is 9.92. The number of nitrogens with zero attached hydrogens (tertiary/aromatic N) is 4. The Hall–Kier alpha value is -1.93. The number of hydrogen-bond donors (Lipinski definition) is 0. The van der Waals surface area contributed by atoms with E-state index in [-0.39, 0.29) is 11.8 Å². The quantitative estimate of drug-likeness (QED) is 0.771. The first-order chi connectivity index (χ1) is 13.6. The number of carbonyl (C=O) groups excluding carboxylic acids is 2. The van der Waals surface area contributed by atoms with E-state index in [1.54, 1.807) is 13.0 Å². The molecule has 0 N–H and O–H groups in total. The molecule has 154 valence electrons. The Bertz CT molecular complexity index is 692. The molecule has 2 amide bonds. The van der Waals surface area contributed by atoms with Crippen molar-refractivity contribution in [2.45, 2.75) is 38.6 Å². The van der Waals surface area contributed by atoms with Crippen LogP contribution in [0.25, 0.3) is 0 Å². The smallest absolute Gasteiger partial charge is 0.276 e. The second-order valence-corrected chi connectivity index (χ2v) is 8.12. The van der Waals surface area contributed by atoms with Crippen LogP contribution in [0.5, 0.6) is 0 Å². The number of likely N-dealkylation sites (tertiary alicyclic amines) is 2. The lowest BCUT2D eigenvalue weighted by molar-refractivity contribution is -0.141. The van der Waals surface area contributed by atoms with E-state index >= 15 is 0 Å². The van der Waals surface area contributed by atoms with Crippen LogP contribution in [0.2, 0.25) is 0 Å². The highest BCUT2D eigenvalue weighted by Crippen LogP contribution is 2.26. The lowest BCUT2D eigenvalue weighted by Gasteiger charge is -2.42. The third-order valence-electron chi connectivity index (χ3n) is 6.24. The van der Waals surface area contributed by atoms with E-state index in [9.17, 15) is 9.59 Å². The van der Waals surface area contributed by atoms with Crippen molar-refractivity contribution in [2.24, 2.45) is 5.92 Å². The molecule has 3 saturated heterocycles. The largest absolute Gasteiger partial charge is 0.378 e. The monoisotopic (exact) mass is 390 g/mol. The molecule has 4 heterocycles. The lowest BCUT2D eigenvalue weighted by Crippen LogP contribution is -2.53. The first-order valence-corrected chi connectivity index (χ1v) is 10.4. The molecule has 0 radical (unpaired) electrons. The second kappa shape index (κ2) is 8.61. The Labute approximate surface area is 165 Å². The highest BCUT2D eigenvalue weighted by molar-refractivity contribution is 5.92. The minimum absolute atomic E-state index is 0.0469. The molecular formula is C20H30N4O4. The van der Waals surface area contributed by atoms with E-state index in [0.29, 0.717) is 36.6 Å². The third-order valence-corrected chi connectivity index (χ3v) is 6.24. The molecule has 3 aliphatic rings. The number of rotatable bonds is 3. The van der Waals surface area contributed by atoms with E-state index in [4.69, 9.17) is 9.26 Å². The average molecular weight is 390 g/mol. The first-order valence-electron chi connectivity index (χ1n) is 10.4. The Kier molecular flexibility index (Phi) is 5.96. The summed E-state index contributed by atoms with van der Waals surface area (Å²) >= 11 is 0. The molecule has 8 heteroatoms. The van der Waals surface area contributed by atoms with Gasteiger partial charge in [-0.15, -0.1) is 0 Å². The Morgan fingerprint density at radius 2 is 1.79 bits per heavy atom. The van der Waals surface area contributed by atoms with Crippen LogP contribution < -0.4 is 0 Å². The number of aromatic nitrogens is 1. The van der Waals surface area contributed by atoms with Crippen LogP contribution in [0, 0.1) is 12.8 Å². The molecule has 0 bridgehead atoms. The molecule has 0 unspecified atom stereocenters. The minimum Gasteiger partial charge on any atom is -0.378 e. The maximum atomic E-state index is 12.9. The fourth-order valence-electron chi connectivity index (χ4n) is 4.64. The summed E-state index contributed by atoms with van der Waals surface area (Å²) in [7, 11) is 0. The Balaban J connectivity index is 1.29. The maximum absolute atomic E-state index is 12.9. The van der Waals surface area contributed by atoms with Gasteiger partial charge in [0, 0.05) is 44.8 Å². The van der Waals surface area contributed by atoms with Crippen LogP contribution in [0.4, 0.5) is 0 Å². The van der Waals surface area contributed by atoms with Gasteiger partial charge in [-0.3, -0.25) is 14.5 Å². The second-order valence-electron chi connectivity index (χ2n) is 8.12. The van der Waals surface area contributed by atoms with Crippen molar-refractivity contribution < 1.29 is 18.8 Å². The van der Waals surface area contributed by atoms with Gasteiger partial charge in [0.15, 0.2) is 5.69 Å². The van der Waals surface area contributed by atoms with Crippen LogP contribution in [0.3, 0.4) is 0 Å². The molecule has 0 saturated carbocycles. The fraction of sp³-hybridized carbons (Fsp3) is 0.750. The van der Waals surface area contributed by atoms with Gasteiger partial charge < -0.3 is 19.1 Å². The maximum Gasteiger partial charge on any atom is 0.276 e. The molecule has 1 atom stereocenters. The highest BCUT2D eigenvalue weighted by Gasteiger charge is 2.34. The predicted octanol–water partition coefficient (Wildman–Crippen LogP) is 1.16. The van der Waals surface area contributed by atoms with E-state index in [0.717, 1.165) is 65.0 Å². The highest BCUT2D eigenvalue weighted by atomic mass is 16.5. The zero-order valence-corrected chi connectivity index (χ0v) is 16.6. The molecular weight excluding hydrogens is 360 g/mol. The van der Waals surface area contributed by atoms with Gasteiger partial charge in [-0.05, 0) is 39.2 Å². The molecule has 0 aromatic carbocycles. The van der Waals surface area contributed by atoms with Gasteiger partial charge >= 0.3 is 0 Å². The number of ether oxygens (including phenoxy) is 1. The average Bonchev–Trinajstić information content (AvgIpc) is 3.20. The molecule has 3 aliphatic heterocycles. The van der Waals surface area contributed by atoms with Crippen molar-refractivity contribution >= 4 is 11.8 Å². The zero-order valence-electron chi connectivity index (χ0n) is 16.6. The number of amides is 2. The molecule has 3 fully saturated rings. The van der Waals surface area contributed by atoms with Crippen LogP contribution in [-0.2, 0) is 9.53 Å². The van der Waals surface area contributed by atoms with E-state index in [1.165, 1.54) is 0 Å². The zero-order chi connectivity index (χ0) is 19.5. The molecule has 0 aliphatic carbocycles. The number of aryl methyl sites for hydroxylation is 1. The normalized spacial score (nSPS) is 25.1. The van der Waals surface area contributed by atoms with Crippen molar-refractivity contribution in [1.29, 1.82) is 0 Å². The number of carbonyl (C=O) groups is 2. The minimum atomic E-state index is -0.0469. The molecule has 0 spiro atoms. The number of morpholine rings is 1. The van der Waals surface area contributed by atoms with Crippen molar-refractivity contribution in [2.75, 3.05) is 52.5 Å². The van der Waals surface area contributed by atoms with Crippen LogP contribution >= 0.6 is 0 Å².